The van der Waals surface area contributed by atoms with Gasteiger partial charge in [0.1, 0.15) is 5.82 Å². The van der Waals surface area contributed by atoms with Crippen LogP contribution in [0.3, 0.4) is 0 Å². The molecule has 0 bridgehead atoms. The molecule has 5 heteroatoms. The highest BCUT2D eigenvalue weighted by Gasteiger charge is 2.24. The Balaban J connectivity index is 2.09. The average molecular weight is 331 g/mol. The average Bonchev–Trinajstić information content (AvgIpc) is 2.85. The first-order valence-corrected chi connectivity index (χ1v) is 7.38. The molecule has 2 N–H and O–H groups in total. The SMILES string of the molecule is CN(CC1CCCO1)C(CN)c1ccc(Br)cc1F. The Morgan fingerprint density at radius 1 is 1.58 bits per heavy atom. The molecule has 1 fully saturated rings. The van der Waals surface area contributed by atoms with Crippen LogP contribution in [0.15, 0.2) is 22.7 Å². The van der Waals surface area contributed by atoms with E-state index in [1.54, 1.807) is 6.07 Å². The third kappa shape index (κ3) is 3.75. The van der Waals surface area contributed by atoms with Crippen molar-refractivity contribution in [1.82, 2.24) is 4.90 Å². The van der Waals surface area contributed by atoms with E-state index in [1.165, 1.54) is 6.07 Å². The lowest BCUT2D eigenvalue weighted by Gasteiger charge is -2.29. The van der Waals surface area contributed by atoms with Crippen molar-refractivity contribution in [3.05, 3.63) is 34.1 Å². The van der Waals surface area contributed by atoms with Gasteiger partial charge in [-0.15, -0.1) is 0 Å². The van der Waals surface area contributed by atoms with E-state index < -0.39 is 0 Å². The molecule has 0 spiro atoms. The fourth-order valence-electron chi connectivity index (χ4n) is 2.55. The zero-order valence-electron chi connectivity index (χ0n) is 11.1. The third-order valence-corrected chi connectivity index (χ3v) is 4.09. The van der Waals surface area contributed by atoms with E-state index >= 15 is 0 Å². The van der Waals surface area contributed by atoms with Crippen LogP contribution in [0.1, 0.15) is 24.4 Å². The highest BCUT2D eigenvalue weighted by Crippen LogP contribution is 2.25. The fraction of sp³-hybridized carbons (Fsp3) is 0.571. The minimum Gasteiger partial charge on any atom is -0.377 e. The lowest BCUT2D eigenvalue weighted by molar-refractivity contribution is 0.0684. The predicted molar refractivity (Wildman–Crippen MR) is 77.5 cm³/mol. The molecule has 0 radical (unpaired) electrons. The van der Waals surface area contributed by atoms with Crippen LogP contribution in [-0.4, -0.2) is 37.7 Å². The van der Waals surface area contributed by atoms with Crippen LogP contribution in [0.5, 0.6) is 0 Å². The molecule has 2 rings (SSSR count). The minimum atomic E-state index is -0.219. The Labute approximate surface area is 122 Å². The van der Waals surface area contributed by atoms with Crippen LogP contribution in [0.2, 0.25) is 0 Å². The van der Waals surface area contributed by atoms with Gasteiger partial charge < -0.3 is 10.5 Å². The summed E-state index contributed by atoms with van der Waals surface area (Å²) in [4.78, 5) is 2.09. The predicted octanol–water partition coefficient (Wildman–Crippen LogP) is 2.70. The number of benzene rings is 1. The lowest BCUT2D eigenvalue weighted by Crippen LogP contribution is -2.36. The van der Waals surface area contributed by atoms with Crippen molar-refractivity contribution in [3.63, 3.8) is 0 Å². The van der Waals surface area contributed by atoms with Gasteiger partial charge in [-0.3, -0.25) is 4.90 Å². The van der Waals surface area contributed by atoms with Gasteiger partial charge in [-0.05, 0) is 32.0 Å². The number of likely N-dealkylation sites (N-methyl/N-ethyl adjacent to an activating group) is 1. The van der Waals surface area contributed by atoms with Crippen LogP contribution >= 0.6 is 15.9 Å². The van der Waals surface area contributed by atoms with Crippen molar-refractivity contribution in [3.8, 4) is 0 Å². The quantitative estimate of drug-likeness (QED) is 0.902. The number of nitrogens with zero attached hydrogens (tertiary/aromatic N) is 1. The van der Waals surface area contributed by atoms with Gasteiger partial charge in [0, 0.05) is 35.8 Å². The van der Waals surface area contributed by atoms with Crippen LogP contribution in [0.4, 0.5) is 4.39 Å². The Morgan fingerprint density at radius 2 is 2.37 bits per heavy atom. The molecule has 19 heavy (non-hydrogen) atoms. The molecule has 0 aromatic heterocycles. The third-order valence-electron chi connectivity index (χ3n) is 3.59. The fourth-order valence-corrected chi connectivity index (χ4v) is 2.89. The summed E-state index contributed by atoms with van der Waals surface area (Å²) < 4.78 is 20.4. The van der Waals surface area contributed by atoms with Gasteiger partial charge in [0.05, 0.1) is 6.10 Å². The number of ether oxygens (including phenoxy) is 1. The first-order chi connectivity index (χ1) is 9.11. The summed E-state index contributed by atoms with van der Waals surface area (Å²) in [5.74, 6) is -0.219. The van der Waals surface area contributed by atoms with Crippen molar-refractivity contribution in [1.29, 1.82) is 0 Å². The summed E-state index contributed by atoms with van der Waals surface area (Å²) in [5, 5.41) is 0. The molecular formula is C14H20BrFN2O. The maximum Gasteiger partial charge on any atom is 0.129 e. The molecule has 1 heterocycles. The molecule has 1 aromatic carbocycles. The van der Waals surface area contributed by atoms with Gasteiger partial charge in [0.25, 0.3) is 0 Å². The molecule has 1 aliphatic rings. The Morgan fingerprint density at radius 3 is 2.95 bits per heavy atom. The van der Waals surface area contributed by atoms with Crippen molar-refractivity contribution in [2.45, 2.75) is 25.0 Å². The molecule has 0 saturated carbocycles. The maximum atomic E-state index is 14.0. The largest absolute Gasteiger partial charge is 0.377 e. The van der Waals surface area contributed by atoms with Crippen LogP contribution < -0.4 is 5.73 Å². The van der Waals surface area contributed by atoms with Gasteiger partial charge in [-0.2, -0.15) is 0 Å². The molecule has 106 valence electrons. The van der Waals surface area contributed by atoms with Gasteiger partial charge in [-0.1, -0.05) is 22.0 Å². The summed E-state index contributed by atoms with van der Waals surface area (Å²) in [5.41, 5.74) is 6.47. The summed E-state index contributed by atoms with van der Waals surface area (Å²) >= 11 is 3.27. The molecule has 0 aliphatic carbocycles. The molecule has 1 saturated heterocycles. The van der Waals surface area contributed by atoms with E-state index in [4.69, 9.17) is 10.5 Å². The van der Waals surface area contributed by atoms with Crippen LogP contribution in [-0.2, 0) is 4.74 Å². The number of nitrogens with two attached hydrogens (primary N) is 1. The Kier molecular flexibility index (Phi) is 5.33. The maximum absolute atomic E-state index is 14.0. The lowest BCUT2D eigenvalue weighted by atomic mass is 10.0. The van der Waals surface area contributed by atoms with Crippen molar-refractivity contribution in [2.75, 3.05) is 26.7 Å². The second-order valence-corrected chi connectivity index (χ2v) is 5.91. The van der Waals surface area contributed by atoms with E-state index in [0.29, 0.717) is 12.1 Å². The summed E-state index contributed by atoms with van der Waals surface area (Å²) in [6, 6.07) is 5.01. The second-order valence-electron chi connectivity index (χ2n) is 4.99. The number of hydrogen-bond acceptors (Lipinski definition) is 3. The van der Waals surface area contributed by atoms with E-state index in [1.807, 2.05) is 13.1 Å². The summed E-state index contributed by atoms with van der Waals surface area (Å²) in [7, 11) is 1.97. The summed E-state index contributed by atoms with van der Waals surface area (Å²) in [6.07, 6.45) is 2.43. The normalized spacial score (nSPS) is 21.0. The topological polar surface area (TPSA) is 38.5 Å². The zero-order valence-corrected chi connectivity index (χ0v) is 12.7. The van der Waals surface area contributed by atoms with Crippen molar-refractivity contribution < 1.29 is 9.13 Å². The number of rotatable bonds is 5. The van der Waals surface area contributed by atoms with Gasteiger partial charge in [0.15, 0.2) is 0 Å². The monoisotopic (exact) mass is 330 g/mol. The van der Waals surface area contributed by atoms with E-state index in [9.17, 15) is 4.39 Å². The van der Waals surface area contributed by atoms with E-state index in [0.717, 1.165) is 30.5 Å². The van der Waals surface area contributed by atoms with Crippen molar-refractivity contribution >= 4 is 15.9 Å². The Bertz CT molecular complexity index is 424. The van der Waals surface area contributed by atoms with Gasteiger partial charge in [-0.25, -0.2) is 4.39 Å². The van der Waals surface area contributed by atoms with Crippen LogP contribution in [0, 0.1) is 5.82 Å². The van der Waals surface area contributed by atoms with E-state index in [2.05, 4.69) is 20.8 Å². The van der Waals surface area contributed by atoms with Gasteiger partial charge in [0.2, 0.25) is 0 Å². The smallest absolute Gasteiger partial charge is 0.129 e. The first-order valence-electron chi connectivity index (χ1n) is 6.58. The highest BCUT2D eigenvalue weighted by atomic mass is 79.9. The van der Waals surface area contributed by atoms with E-state index in [-0.39, 0.29) is 18.0 Å². The number of hydrogen-bond donors (Lipinski definition) is 1. The molecule has 1 aromatic rings. The van der Waals surface area contributed by atoms with Gasteiger partial charge >= 0.3 is 0 Å². The molecule has 2 unspecified atom stereocenters. The molecular weight excluding hydrogens is 311 g/mol. The zero-order chi connectivity index (χ0) is 13.8. The highest BCUT2D eigenvalue weighted by molar-refractivity contribution is 9.10. The first kappa shape index (κ1) is 14.9. The standard InChI is InChI=1S/C14H20BrFN2O/c1-18(9-11-3-2-6-19-11)14(8-17)12-5-4-10(15)7-13(12)16/h4-5,7,11,14H,2-3,6,8-9,17H2,1H3. The molecule has 0 amide bonds. The molecule has 2 atom stereocenters. The van der Waals surface area contributed by atoms with Crippen molar-refractivity contribution in [2.24, 2.45) is 5.73 Å². The number of halogens is 2. The second kappa shape index (κ2) is 6.79. The minimum absolute atomic E-state index is 0.114. The molecule has 1 aliphatic heterocycles. The summed E-state index contributed by atoms with van der Waals surface area (Å²) in [6.45, 7) is 2.01. The molecule has 3 nitrogen and oxygen atoms in total. The Hall–Kier alpha value is -0.490. The van der Waals surface area contributed by atoms with Crippen LogP contribution in [0.25, 0.3) is 0 Å².